The van der Waals surface area contributed by atoms with Crippen LogP contribution >= 0.6 is 0 Å². The number of hydrogen-bond donors (Lipinski definition) is 2. The molecular formula is C29H42N2O5. The Balaban J connectivity index is 1.88. The first-order valence-electron chi connectivity index (χ1n) is 13.0. The van der Waals surface area contributed by atoms with E-state index in [9.17, 15) is 19.5 Å². The first-order valence-corrected chi connectivity index (χ1v) is 13.0. The number of allylic oxidation sites excluding steroid dienone is 2. The molecule has 0 unspecified atom stereocenters. The SMILES string of the molecule is C=CCCC[C@H](Cc1ccccc1)C(=O)OC[C@H](C)NC(=O)[C@@H](CC=C)CC(=O)N1CCC[C@H]1CO. The molecule has 198 valence electrons. The molecule has 7 heteroatoms. The van der Waals surface area contributed by atoms with Crippen molar-refractivity contribution < 1.29 is 24.2 Å². The Morgan fingerprint density at radius 3 is 2.61 bits per heavy atom. The fraction of sp³-hybridized carbons (Fsp3) is 0.552. The van der Waals surface area contributed by atoms with E-state index in [0.29, 0.717) is 25.8 Å². The number of aliphatic hydroxyl groups is 1. The maximum absolute atomic E-state index is 12.9. The highest BCUT2D eigenvalue weighted by Crippen LogP contribution is 2.21. The molecular weight excluding hydrogens is 456 g/mol. The standard InChI is InChI=1S/C29H42N2O5/c1-4-6-8-15-25(18-23-13-9-7-10-14-23)29(35)36-21-22(3)30-28(34)24(12-5-2)19-27(33)31-17-11-16-26(31)20-32/h4-5,7,9-10,13-14,22,24-26,32H,1-2,6,8,11-12,15-21H2,3H3,(H,30,34)/t22-,24-,25+,26-/m0/s1. The molecule has 0 radical (unpaired) electrons. The van der Waals surface area contributed by atoms with Crippen molar-refractivity contribution in [3.63, 3.8) is 0 Å². The Kier molecular flexibility index (Phi) is 13.0. The highest BCUT2D eigenvalue weighted by Gasteiger charge is 2.31. The van der Waals surface area contributed by atoms with Gasteiger partial charge in [0.2, 0.25) is 11.8 Å². The van der Waals surface area contributed by atoms with Crippen molar-refractivity contribution >= 4 is 17.8 Å². The summed E-state index contributed by atoms with van der Waals surface area (Å²) in [5.74, 6) is -1.49. The number of benzene rings is 1. The maximum Gasteiger partial charge on any atom is 0.309 e. The lowest BCUT2D eigenvalue weighted by Gasteiger charge is -2.26. The van der Waals surface area contributed by atoms with E-state index in [1.54, 1.807) is 17.9 Å². The van der Waals surface area contributed by atoms with Crippen molar-refractivity contribution in [1.82, 2.24) is 10.2 Å². The topological polar surface area (TPSA) is 95.9 Å². The Labute approximate surface area is 215 Å². The van der Waals surface area contributed by atoms with Crippen molar-refractivity contribution in [1.29, 1.82) is 0 Å². The largest absolute Gasteiger partial charge is 0.463 e. The summed E-state index contributed by atoms with van der Waals surface area (Å²) in [6, 6.07) is 9.30. The summed E-state index contributed by atoms with van der Waals surface area (Å²) in [4.78, 5) is 40.2. The van der Waals surface area contributed by atoms with Gasteiger partial charge in [0.1, 0.15) is 6.61 Å². The van der Waals surface area contributed by atoms with Gasteiger partial charge in [-0.05, 0) is 57.4 Å². The van der Waals surface area contributed by atoms with Gasteiger partial charge in [0, 0.05) is 13.0 Å². The molecule has 1 heterocycles. The van der Waals surface area contributed by atoms with E-state index >= 15 is 0 Å². The first kappa shape index (κ1) is 29.3. The van der Waals surface area contributed by atoms with Gasteiger partial charge in [-0.1, -0.05) is 42.5 Å². The molecule has 36 heavy (non-hydrogen) atoms. The molecule has 0 spiro atoms. The number of hydrogen-bond acceptors (Lipinski definition) is 5. The maximum atomic E-state index is 12.9. The van der Waals surface area contributed by atoms with Crippen LogP contribution in [-0.2, 0) is 25.5 Å². The van der Waals surface area contributed by atoms with Crippen molar-refractivity contribution in [2.45, 2.75) is 70.4 Å². The second-order valence-electron chi connectivity index (χ2n) is 9.64. The first-order chi connectivity index (χ1) is 17.4. The minimum atomic E-state index is -0.558. The third-order valence-corrected chi connectivity index (χ3v) is 6.63. The average molecular weight is 499 g/mol. The van der Waals surface area contributed by atoms with Crippen LogP contribution in [-0.4, -0.2) is 59.6 Å². The van der Waals surface area contributed by atoms with Crippen LogP contribution in [0.4, 0.5) is 0 Å². The van der Waals surface area contributed by atoms with E-state index in [-0.39, 0.29) is 49.4 Å². The van der Waals surface area contributed by atoms with Gasteiger partial charge in [0.05, 0.1) is 30.5 Å². The molecule has 1 aromatic rings. The highest BCUT2D eigenvalue weighted by molar-refractivity contribution is 5.86. The minimum Gasteiger partial charge on any atom is -0.463 e. The summed E-state index contributed by atoms with van der Waals surface area (Å²) in [5, 5.41) is 12.4. The van der Waals surface area contributed by atoms with E-state index in [2.05, 4.69) is 18.5 Å². The lowest BCUT2D eigenvalue weighted by Crippen LogP contribution is -2.43. The minimum absolute atomic E-state index is 0.0588. The zero-order valence-corrected chi connectivity index (χ0v) is 21.6. The van der Waals surface area contributed by atoms with Crippen LogP contribution in [0.25, 0.3) is 0 Å². The van der Waals surface area contributed by atoms with Crippen molar-refractivity contribution in [2.24, 2.45) is 11.8 Å². The fourth-order valence-electron chi connectivity index (χ4n) is 4.60. The van der Waals surface area contributed by atoms with Gasteiger partial charge in [-0.3, -0.25) is 14.4 Å². The third-order valence-electron chi connectivity index (χ3n) is 6.63. The molecule has 2 N–H and O–H groups in total. The molecule has 4 atom stereocenters. The van der Waals surface area contributed by atoms with Crippen LogP contribution in [0, 0.1) is 11.8 Å². The number of esters is 1. The number of unbranched alkanes of at least 4 members (excludes halogenated alkanes) is 1. The van der Waals surface area contributed by atoms with Crippen molar-refractivity contribution in [3.05, 3.63) is 61.2 Å². The highest BCUT2D eigenvalue weighted by atomic mass is 16.5. The molecule has 7 nitrogen and oxygen atoms in total. The predicted octanol–water partition coefficient (Wildman–Crippen LogP) is 3.82. The summed E-state index contributed by atoms with van der Waals surface area (Å²) < 4.78 is 5.60. The van der Waals surface area contributed by atoms with Gasteiger partial charge >= 0.3 is 5.97 Å². The van der Waals surface area contributed by atoms with Crippen LogP contribution in [0.2, 0.25) is 0 Å². The molecule has 2 amide bonds. The van der Waals surface area contributed by atoms with Crippen LogP contribution in [0.3, 0.4) is 0 Å². The zero-order valence-electron chi connectivity index (χ0n) is 21.6. The summed E-state index contributed by atoms with van der Waals surface area (Å²) in [6.45, 7) is 9.86. The van der Waals surface area contributed by atoms with Crippen LogP contribution in [0.1, 0.15) is 57.4 Å². The smallest absolute Gasteiger partial charge is 0.309 e. The summed E-state index contributed by atoms with van der Waals surface area (Å²) in [6.07, 6.45) is 8.54. The number of aliphatic hydroxyl groups excluding tert-OH is 1. The molecule has 1 aliphatic heterocycles. The lowest BCUT2D eigenvalue weighted by atomic mass is 9.94. The quantitative estimate of drug-likeness (QED) is 0.205. The Morgan fingerprint density at radius 2 is 1.94 bits per heavy atom. The molecule has 0 bridgehead atoms. The van der Waals surface area contributed by atoms with Gasteiger partial charge in [-0.15, -0.1) is 13.2 Å². The molecule has 1 fully saturated rings. The zero-order chi connectivity index (χ0) is 26.3. The van der Waals surface area contributed by atoms with Crippen molar-refractivity contribution in [2.75, 3.05) is 19.8 Å². The summed E-state index contributed by atoms with van der Waals surface area (Å²) >= 11 is 0. The molecule has 2 rings (SSSR count). The second-order valence-corrected chi connectivity index (χ2v) is 9.64. The monoisotopic (exact) mass is 498 g/mol. The van der Waals surface area contributed by atoms with E-state index in [0.717, 1.165) is 31.2 Å². The van der Waals surface area contributed by atoms with Crippen molar-refractivity contribution in [3.8, 4) is 0 Å². The number of carbonyl (C=O) groups excluding carboxylic acids is 3. The van der Waals surface area contributed by atoms with E-state index in [4.69, 9.17) is 4.74 Å². The van der Waals surface area contributed by atoms with Gasteiger partial charge < -0.3 is 20.1 Å². The van der Waals surface area contributed by atoms with E-state index < -0.39 is 12.0 Å². The van der Waals surface area contributed by atoms with Gasteiger partial charge in [-0.25, -0.2) is 0 Å². The molecule has 0 aromatic heterocycles. The normalized spacial score (nSPS) is 17.6. The lowest BCUT2D eigenvalue weighted by molar-refractivity contribution is -0.150. The number of likely N-dealkylation sites (tertiary alicyclic amines) is 1. The van der Waals surface area contributed by atoms with Crippen LogP contribution in [0.15, 0.2) is 55.6 Å². The Bertz CT molecular complexity index is 856. The number of amides is 2. The van der Waals surface area contributed by atoms with Crippen LogP contribution < -0.4 is 5.32 Å². The number of ether oxygens (including phenoxy) is 1. The predicted molar refractivity (Wildman–Crippen MR) is 141 cm³/mol. The molecule has 1 aromatic carbocycles. The van der Waals surface area contributed by atoms with E-state index in [1.165, 1.54) is 0 Å². The van der Waals surface area contributed by atoms with Gasteiger partial charge in [0.15, 0.2) is 0 Å². The third kappa shape index (κ3) is 9.61. The fourth-order valence-corrected chi connectivity index (χ4v) is 4.60. The number of nitrogens with zero attached hydrogens (tertiary/aromatic N) is 1. The summed E-state index contributed by atoms with van der Waals surface area (Å²) in [7, 11) is 0. The number of rotatable bonds is 16. The van der Waals surface area contributed by atoms with Gasteiger partial charge in [0.25, 0.3) is 0 Å². The molecule has 0 aliphatic carbocycles. The average Bonchev–Trinajstić information content (AvgIpc) is 3.36. The van der Waals surface area contributed by atoms with Gasteiger partial charge in [-0.2, -0.15) is 0 Å². The number of nitrogens with one attached hydrogen (secondary N) is 1. The van der Waals surface area contributed by atoms with Crippen LogP contribution in [0.5, 0.6) is 0 Å². The molecule has 1 aliphatic rings. The molecule has 1 saturated heterocycles. The number of carbonyl (C=O) groups is 3. The summed E-state index contributed by atoms with van der Waals surface area (Å²) in [5.41, 5.74) is 1.08. The molecule has 0 saturated carbocycles. The Hall–Kier alpha value is -2.93. The van der Waals surface area contributed by atoms with E-state index in [1.807, 2.05) is 36.4 Å². The Morgan fingerprint density at radius 1 is 1.19 bits per heavy atom. The second kappa shape index (κ2) is 15.9.